The van der Waals surface area contributed by atoms with Crippen LogP contribution in [0.2, 0.25) is 0 Å². The molecule has 1 aliphatic carbocycles. The van der Waals surface area contributed by atoms with Gasteiger partial charge in [-0.25, -0.2) is 0 Å². The summed E-state index contributed by atoms with van der Waals surface area (Å²) >= 11 is 1.96. The van der Waals surface area contributed by atoms with E-state index in [1.807, 2.05) is 11.8 Å². The molecule has 16 heavy (non-hydrogen) atoms. The van der Waals surface area contributed by atoms with Crippen LogP contribution in [0.5, 0.6) is 0 Å². The smallest absolute Gasteiger partial charge is 0.157 e. The lowest BCUT2D eigenvalue weighted by atomic mass is 9.80. The normalized spacial score (nSPS) is 27.8. The van der Waals surface area contributed by atoms with Crippen molar-refractivity contribution in [2.75, 3.05) is 6.54 Å². The van der Waals surface area contributed by atoms with Crippen molar-refractivity contribution in [3.05, 3.63) is 0 Å². The van der Waals surface area contributed by atoms with Crippen LogP contribution < -0.4 is 5.32 Å². The van der Waals surface area contributed by atoms with Crippen LogP contribution >= 0.6 is 11.8 Å². The zero-order valence-corrected chi connectivity index (χ0v) is 11.5. The number of rotatable bonds is 4. The van der Waals surface area contributed by atoms with Crippen LogP contribution in [0.4, 0.5) is 0 Å². The summed E-state index contributed by atoms with van der Waals surface area (Å²) < 4.78 is 0. The zero-order chi connectivity index (χ0) is 11.5. The second kappa shape index (κ2) is 5.44. The molecule has 0 spiro atoms. The molecule has 1 saturated carbocycles. The fourth-order valence-electron chi connectivity index (χ4n) is 2.40. The highest BCUT2D eigenvalue weighted by atomic mass is 32.2. The number of hydrogen-bond donors (Lipinski definition) is 1. The fourth-order valence-corrected chi connectivity index (χ4v) is 3.75. The summed E-state index contributed by atoms with van der Waals surface area (Å²) in [5, 5.41) is 5.51. The van der Waals surface area contributed by atoms with Crippen LogP contribution in [0.3, 0.4) is 0 Å². The van der Waals surface area contributed by atoms with Crippen molar-refractivity contribution in [3.63, 3.8) is 0 Å². The minimum atomic E-state index is 0.623. The lowest BCUT2D eigenvalue weighted by molar-refractivity contribution is 0.259. The molecular formula is C13H24N2S. The third kappa shape index (κ3) is 3.16. The highest BCUT2D eigenvalue weighted by Crippen LogP contribution is 2.31. The lowest BCUT2D eigenvalue weighted by Crippen LogP contribution is -2.39. The number of nitrogens with zero attached hydrogens (tertiary/aromatic N) is 1. The fraction of sp³-hybridized carbons (Fsp3) is 0.923. The molecule has 2 aliphatic rings. The Morgan fingerprint density at radius 2 is 2.12 bits per heavy atom. The van der Waals surface area contributed by atoms with Crippen LogP contribution in [0, 0.1) is 11.8 Å². The van der Waals surface area contributed by atoms with Gasteiger partial charge in [-0.1, -0.05) is 32.0 Å². The summed E-state index contributed by atoms with van der Waals surface area (Å²) in [7, 11) is 0. The number of hydrogen-bond acceptors (Lipinski definition) is 3. The van der Waals surface area contributed by atoms with E-state index in [2.05, 4.69) is 31.1 Å². The molecule has 1 fully saturated rings. The molecule has 2 unspecified atom stereocenters. The maximum absolute atomic E-state index is 4.62. The Kier molecular flexibility index (Phi) is 4.17. The molecule has 0 aromatic carbocycles. The molecule has 0 radical (unpaired) electrons. The molecule has 0 aromatic heterocycles. The van der Waals surface area contributed by atoms with Crippen LogP contribution in [0.1, 0.15) is 46.5 Å². The first kappa shape index (κ1) is 12.3. The van der Waals surface area contributed by atoms with Crippen LogP contribution in [0.15, 0.2) is 4.99 Å². The molecule has 0 saturated heterocycles. The Hall–Kier alpha value is -0.180. The minimum Gasteiger partial charge on any atom is -0.362 e. The van der Waals surface area contributed by atoms with Crippen LogP contribution in [0.25, 0.3) is 0 Å². The number of aliphatic imine (C=N–C) groups is 1. The van der Waals surface area contributed by atoms with Crippen molar-refractivity contribution in [3.8, 4) is 0 Å². The maximum atomic E-state index is 4.62. The largest absolute Gasteiger partial charge is 0.362 e. The first-order valence-electron chi connectivity index (χ1n) is 6.62. The minimum absolute atomic E-state index is 0.623. The molecule has 2 rings (SSSR count). The van der Waals surface area contributed by atoms with Crippen molar-refractivity contribution >= 4 is 16.9 Å². The van der Waals surface area contributed by atoms with E-state index in [0.717, 1.165) is 23.6 Å². The van der Waals surface area contributed by atoms with Gasteiger partial charge in [0.05, 0.1) is 6.54 Å². The topological polar surface area (TPSA) is 24.4 Å². The maximum Gasteiger partial charge on any atom is 0.157 e. The quantitative estimate of drug-likeness (QED) is 0.815. The summed E-state index contributed by atoms with van der Waals surface area (Å²) in [5.74, 6) is 1.68. The van der Waals surface area contributed by atoms with Crippen LogP contribution in [-0.2, 0) is 0 Å². The van der Waals surface area contributed by atoms with Gasteiger partial charge in [-0.05, 0) is 38.0 Å². The second-order valence-corrected chi connectivity index (χ2v) is 6.93. The Labute approximate surface area is 104 Å². The standard InChI is InChI=1S/C13H24N2S/c1-9(2)7-12-8-14-13(16-12)15-10(3)11-5-4-6-11/h9-12H,4-8H2,1-3H3,(H,14,15). The summed E-state index contributed by atoms with van der Waals surface area (Å²) in [6.07, 6.45) is 5.52. The van der Waals surface area contributed by atoms with Gasteiger partial charge in [-0.15, -0.1) is 0 Å². The van der Waals surface area contributed by atoms with Gasteiger partial charge in [0.2, 0.25) is 0 Å². The van der Waals surface area contributed by atoms with E-state index in [0.29, 0.717) is 6.04 Å². The van der Waals surface area contributed by atoms with Crippen molar-refractivity contribution in [1.29, 1.82) is 0 Å². The van der Waals surface area contributed by atoms with Crippen molar-refractivity contribution < 1.29 is 0 Å². The third-order valence-corrected chi connectivity index (χ3v) is 4.80. The van der Waals surface area contributed by atoms with Gasteiger partial charge in [0.25, 0.3) is 0 Å². The summed E-state index contributed by atoms with van der Waals surface area (Å²) in [6.45, 7) is 7.91. The van der Waals surface area contributed by atoms with Gasteiger partial charge in [-0.2, -0.15) is 0 Å². The first-order chi connectivity index (χ1) is 7.65. The Morgan fingerprint density at radius 3 is 2.69 bits per heavy atom. The van der Waals surface area contributed by atoms with E-state index < -0.39 is 0 Å². The van der Waals surface area contributed by atoms with Crippen molar-refractivity contribution in [1.82, 2.24) is 5.32 Å². The van der Waals surface area contributed by atoms with Crippen molar-refractivity contribution in [2.24, 2.45) is 16.8 Å². The number of nitrogens with one attached hydrogen (secondary N) is 1. The Bertz CT molecular complexity index is 259. The van der Waals surface area contributed by atoms with Gasteiger partial charge in [0.15, 0.2) is 5.17 Å². The van der Waals surface area contributed by atoms with E-state index in [1.54, 1.807) is 0 Å². The molecule has 0 bridgehead atoms. The first-order valence-corrected chi connectivity index (χ1v) is 7.50. The van der Waals surface area contributed by atoms with E-state index >= 15 is 0 Å². The van der Waals surface area contributed by atoms with Crippen LogP contribution in [-0.4, -0.2) is 23.0 Å². The van der Waals surface area contributed by atoms with E-state index in [9.17, 15) is 0 Å². The summed E-state index contributed by atoms with van der Waals surface area (Å²) in [5.41, 5.74) is 0. The summed E-state index contributed by atoms with van der Waals surface area (Å²) in [4.78, 5) is 4.62. The zero-order valence-electron chi connectivity index (χ0n) is 10.7. The number of thioether (sulfide) groups is 1. The molecule has 92 valence electrons. The second-order valence-electron chi connectivity index (χ2n) is 5.64. The van der Waals surface area contributed by atoms with Crippen molar-refractivity contribution in [2.45, 2.75) is 57.7 Å². The highest BCUT2D eigenvalue weighted by Gasteiger charge is 2.27. The molecular weight excluding hydrogens is 216 g/mol. The van der Waals surface area contributed by atoms with E-state index in [1.165, 1.54) is 30.9 Å². The lowest BCUT2D eigenvalue weighted by Gasteiger charge is -2.32. The average molecular weight is 240 g/mol. The molecule has 2 nitrogen and oxygen atoms in total. The van der Waals surface area contributed by atoms with Gasteiger partial charge >= 0.3 is 0 Å². The Balaban J connectivity index is 1.71. The Morgan fingerprint density at radius 1 is 1.38 bits per heavy atom. The predicted octanol–water partition coefficient (Wildman–Crippen LogP) is 3.28. The summed E-state index contributed by atoms with van der Waals surface area (Å²) in [6, 6.07) is 0.623. The molecule has 0 amide bonds. The third-order valence-electron chi connectivity index (χ3n) is 3.66. The number of amidine groups is 1. The highest BCUT2D eigenvalue weighted by molar-refractivity contribution is 8.14. The molecule has 1 heterocycles. The van der Waals surface area contributed by atoms with Gasteiger partial charge in [0, 0.05) is 11.3 Å². The predicted molar refractivity (Wildman–Crippen MR) is 73.1 cm³/mol. The molecule has 0 aromatic rings. The van der Waals surface area contributed by atoms with Gasteiger partial charge in [-0.3, -0.25) is 4.99 Å². The van der Waals surface area contributed by atoms with E-state index in [-0.39, 0.29) is 0 Å². The van der Waals surface area contributed by atoms with Gasteiger partial charge in [0.1, 0.15) is 0 Å². The molecule has 3 heteroatoms. The van der Waals surface area contributed by atoms with E-state index in [4.69, 9.17) is 0 Å². The van der Waals surface area contributed by atoms with Gasteiger partial charge < -0.3 is 5.32 Å². The molecule has 1 aliphatic heterocycles. The molecule has 1 N–H and O–H groups in total. The average Bonchev–Trinajstić information content (AvgIpc) is 2.47. The molecule has 2 atom stereocenters. The monoisotopic (exact) mass is 240 g/mol. The SMILES string of the molecule is CC(C)CC1CN=C(NC(C)C2CCC2)S1.